The summed E-state index contributed by atoms with van der Waals surface area (Å²) >= 11 is 0. The van der Waals surface area contributed by atoms with Crippen molar-refractivity contribution in [2.75, 3.05) is 23.7 Å². The normalized spacial score (nSPS) is 11.4. The van der Waals surface area contributed by atoms with E-state index in [-0.39, 0.29) is 17.2 Å². The number of aromatic amines is 2. The van der Waals surface area contributed by atoms with Gasteiger partial charge in [0.2, 0.25) is 5.95 Å². The molecule has 0 saturated heterocycles. The molecule has 0 fully saturated rings. The van der Waals surface area contributed by atoms with E-state index in [0.29, 0.717) is 25.2 Å². The molecule has 0 bridgehead atoms. The Morgan fingerprint density at radius 1 is 1.05 bits per heavy atom. The Balaban J connectivity index is 1.39. The molecule has 0 aliphatic rings. The molecule has 0 saturated carbocycles. The number of nitrogens with zero attached hydrogens (tertiary/aromatic N) is 3. The van der Waals surface area contributed by atoms with E-state index in [9.17, 15) is 22.8 Å². The van der Waals surface area contributed by atoms with Crippen LogP contribution in [-0.4, -0.2) is 50.3 Å². The van der Waals surface area contributed by atoms with E-state index in [4.69, 9.17) is 5.73 Å². The predicted molar refractivity (Wildman–Crippen MR) is 142 cm³/mol. The lowest BCUT2D eigenvalue weighted by atomic mass is 10.1. The average molecular weight is 557 g/mol. The molecular weight excluding hydrogens is 529 g/mol. The van der Waals surface area contributed by atoms with Gasteiger partial charge in [0, 0.05) is 31.7 Å². The number of para-hydroxylation sites is 2. The number of amides is 2. The van der Waals surface area contributed by atoms with Gasteiger partial charge in [-0.2, -0.15) is 0 Å². The van der Waals surface area contributed by atoms with Gasteiger partial charge in [-0.3, -0.25) is 20.0 Å². The number of urea groups is 1. The van der Waals surface area contributed by atoms with E-state index in [1.165, 1.54) is 24.4 Å². The van der Waals surface area contributed by atoms with E-state index < -0.39 is 23.7 Å². The molecule has 0 radical (unpaired) electrons. The van der Waals surface area contributed by atoms with Crippen LogP contribution in [-0.2, 0) is 13.1 Å². The minimum Gasteiger partial charge on any atom is -0.404 e. The van der Waals surface area contributed by atoms with Crippen LogP contribution in [0.3, 0.4) is 0 Å². The molecule has 0 spiro atoms. The number of carbonyl (C=O) groups excluding carboxylic acids is 1. The number of halogens is 3. The number of nitrogens with one attached hydrogen (secondary N) is 4. The lowest BCUT2D eigenvalue weighted by molar-refractivity contribution is -0.274. The van der Waals surface area contributed by atoms with Crippen LogP contribution >= 0.6 is 0 Å². The maximum atomic E-state index is 12.7. The van der Waals surface area contributed by atoms with Crippen LogP contribution in [0.2, 0.25) is 0 Å². The Morgan fingerprint density at radius 3 is 2.50 bits per heavy atom. The van der Waals surface area contributed by atoms with Crippen molar-refractivity contribution in [1.29, 1.82) is 0 Å². The van der Waals surface area contributed by atoms with Gasteiger partial charge in [-0.25, -0.2) is 14.8 Å². The minimum atomic E-state index is -4.93. The van der Waals surface area contributed by atoms with Crippen LogP contribution in [0.25, 0.3) is 11.1 Å². The number of nitrogens with two attached hydrogens (primary N) is 1. The zero-order valence-corrected chi connectivity index (χ0v) is 21.2. The Labute approximate surface area is 226 Å². The van der Waals surface area contributed by atoms with Crippen molar-refractivity contribution in [3.05, 3.63) is 88.9 Å². The molecule has 6 N–H and O–H groups in total. The molecule has 2 amide bonds. The number of aromatic nitrogens is 4. The van der Waals surface area contributed by atoms with Crippen molar-refractivity contribution < 1.29 is 22.7 Å². The smallest absolute Gasteiger partial charge is 0.404 e. The maximum absolute atomic E-state index is 12.7. The van der Waals surface area contributed by atoms with Crippen LogP contribution in [0.4, 0.5) is 29.6 Å². The van der Waals surface area contributed by atoms with Gasteiger partial charge in [0.15, 0.2) is 5.75 Å². The molecule has 210 valence electrons. The summed E-state index contributed by atoms with van der Waals surface area (Å²) in [6.07, 6.45) is 0.687. The molecule has 14 heteroatoms. The van der Waals surface area contributed by atoms with Crippen LogP contribution in [0.1, 0.15) is 17.8 Å². The Morgan fingerprint density at radius 2 is 1.82 bits per heavy atom. The van der Waals surface area contributed by atoms with Gasteiger partial charge in [0.1, 0.15) is 5.82 Å². The quantitative estimate of drug-likeness (QED) is 0.187. The van der Waals surface area contributed by atoms with E-state index in [1.54, 1.807) is 24.5 Å². The van der Waals surface area contributed by atoms with Crippen LogP contribution in [0, 0.1) is 0 Å². The summed E-state index contributed by atoms with van der Waals surface area (Å²) in [7, 11) is 0. The number of hydrogen-bond acceptors (Lipinski definition) is 7. The van der Waals surface area contributed by atoms with Crippen LogP contribution < -0.4 is 26.7 Å². The first kappa shape index (κ1) is 28.3. The third kappa shape index (κ3) is 8.15. The number of H-pyrrole nitrogens is 2. The number of ether oxygens (including phenoxy) is 1. The van der Waals surface area contributed by atoms with E-state index in [2.05, 4.69) is 40.2 Å². The minimum absolute atomic E-state index is 0.189. The predicted octanol–water partition coefficient (Wildman–Crippen LogP) is 4.05. The molecular formula is C26H27F3N8O3. The molecule has 0 aliphatic heterocycles. The second-order valence-electron chi connectivity index (χ2n) is 8.68. The number of benzene rings is 2. The third-order valence-electron chi connectivity index (χ3n) is 5.67. The lowest BCUT2D eigenvalue weighted by Gasteiger charge is -2.21. The fourth-order valence-corrected chi connectivity index (χ4v) is 3.88. The number of alkyl halides is 3. The second-order valence-corrected chi connectivity index (χ2v) is 8.68. The monoisotopic (exact) mass is 556 g/mol. The summed E-state index contributed by atoms with van der Waals surface area (Å²) in [6, 6.07) is 11.5. The highest BCUT2D eigenvalue weighted by atomic mass is 19.4. The van der Waals surface area contributed by atoms with Crippen molar-refractivity contribution >= 4 is 17.7 Å². The average Bonchev–Trinajstić information content (AvgIpc) is 3.41. The number of rotatable bonds is 11. The Kier molecular flexibility index (Phi) is 9.14. The molecule has 4 rings (SSSR count). The fraction of sp³-hybridized carbons (Fsp3) is 0.231. The molecule has 40 heavy (non-hydrogen) atoms. The first-order valence-corrected chi connectivity index (χ1v) is 12.2. The number of hydrogen-bond donors (Lipinski definition) is 5. The summed E-state index contributed by atoms with van der Waals surface area (Å²) in [5, 5.41) is 4.53. The van der Waals surface area contributed by atoms with Crippen molar-refractivity contribution in [3.63, 3.8) is 0 Å². The molecule has 0 unspecified atom stereocenters. The van der Waals surface area contributed by atoms with Gasteiger partial charge in [-0.05, 0) is 36.2 Å². The van der Waals surface area contributed by atoms with Gasteiger partial charge in [0.05, 0.1) is 17.8 Å². The Hall–Kier alpha value is -4.69. The van der Waals surface area contributed by atoms with Crippen molar-refractivity contribution in [2.24, 2.45) is 5.73 Å². The van der Waals surface area contributed by atoms with Crippen LogP contribution in [0.5, 0.6) is 5.75 Å². The summed E-state index contributed by atoms with van der Waals surface area (Å²) in [4.78, 5) is 41.1. The molecule has 11 nitrogen and oxygen atoms in total. The first-order chi connectivity index (χ1) is 19.2. The first-order valence-electron chi connectivity index (χ1n) is 12.2. The zero-order chi connectivity index (χ0) is 28.5. The topological polar surface area (TPSA) is 154 Å². The van der Waals surface area contributed by atoms with Crippen LogP contribution in [0.15, 0.2) is 71.9 Å². The molecule has 2 aromatic heterocycles. The van der Waals surface area contributed by atoms with E-state index >= 15 is 0 Å². The lowest BCUT2D eigenvalue weighted by Crippen LogP contribution is -2.26. The highest BCUT2D eigenvalue weighted by molar-refractivity contribution is 5.99. The highest BCUT2D eigenvalue weighted by Gasteiger charge is 2.32. The largest absolute Gasteiger partial charge is 0.573 e. The number of imidazole rings is 1. The summed E-state index contributed by atoms with van der Waals surface area (Å²) in [5.41, 5.74) is 6.87. The van der Waals surface area contributed by atoms with E-state index in [0.717, 1.165) is 30.4 Å². The SMILES string of the molecule is NCCCN(Cc1ccc(-c2cnc(NC(=O)Nc3ccccc3OC(F)(F)F)[nH]c2=O)cc1)Cc1ncc[nH]1. The van der Waals surface area contributed by atoms with Gasteiger partial charge in [0.25, 0.3) is 5.56 Å². The zero-order valence-electron chi connectivity index (χ0n) is 21.2. The van der Waals surface area contributed by atoms with Gasteiger partial charge in [-0.15, -0.1) is 13.2 Å². The maximum Gasteiger partial charge on any atom is 0.573 e. The van der Waals surface area contributed by atoms with Gasteiger partial charge < -0.3 is 20.8 Å². The van der Waals surface area contributed by atoms with E-state index in [1.807, 2.05) is 12.1 Å². The molecule has 0 atom stereocenters. The highest BCUT2D eigenvalue weighted by Crippen LogP contribution is 2.30. The van der Waals surface area contributed by atoms with Crippen molar-refractivity contribution in [1.82, 2.24) is 24.8 Å². The fourth-order valence-electron chi connectivity index (χ4n) is 3.88. The Bertz CT molecular complexity index is 1460. The third-order valence-corrected chi connectivity index (χ3v) is 5.67. The summed E-state index contributed by atoms with van der Waals surface area (Å²) in [5.74, 6) is 0.0758. The van der Waals surface area contributed by atoms with Crippen molar-refractivity contribution in [3.8, 4) is 16.9 Å². The summed E-state index contributed by atoms with van der Waals surface area (Å²) < 4.78 is 41.7. The molecule has 2 heterocycles. The van der Waals surface area contributed by atoms with Gasteiger partial charge >= 0.3 is 12.4 Å². The molecule has 4 aromatic rings. The number of carbonyl (C=O) groups is 1. The van der Waals surface area contributed by atoms with Gasteiger partial charge in [-0.1, -0.05) is 36.4 Å². The summed E-state index contributed by atoms with van der Waals surface area (Å²) in [6.45, 7) is 2.67. The molecule has 2 aromatic carbocycles. The number of anilines is 2. The second kappa shape index (κ2) is 12.9. The van der Waals surface area contributed by atoms with Crippen molar-refractivity contribution in [2.45, 2.75) is 25.9 Å². The standard InChI is InChI=1S/C26H27F3N8O3/c27-26(28,29)40-21-5-2-1-4-20(21)34-25(39)36-24-33-14-19(23(38)35-24)18-8-6-17(7-9-18)15-37(13-3-10-30)16-22-31-11-12-32-22/h1-2,4-9,11-12,14H,3,10,13,15-16,30H2,(H,31,32)(H3,33,34,35,36,38,39). The molecule has 0 aliphatic carbocycles.